The Morgan fingerprint density at radius 2 is 1.26 bits per heavy atom. The van der Waals surface area contributed by atoms with E-state index in [-0.39, 0.29) is 10.6 Å². The Bertz CT molecular complexity index is 722. The topological polar surface area (TPSA) is 86.3 Å². The van der Waals surface area contributed by atoms with Crippen LogP contribution in [-0.4, -0.2) is 9.85 Å². The minimum atomic E-state index is -4.68. The number of hydrogen-bond acceptors (Lipinski definition) is 4. The first kappa shape index (κ1) is 18.8. The Hall–Kier alpha value is -2.24. The van der Waals surface area contributed by atoms with Gasteiger partial charge in [-0.05, 0) is 34.7 Å². The monoisotopic (exact) mass is 440 g/mol. The summed E-state index contributed by atoms with van der Waals surface area (Å²) in [4.78, 5) is 19.0. The minimum Gasteiger partial charge on any atom is -0.258 e. The normalized spacial score (nSPS) is 10.4. The quantitative estimate of drug-likeness (QED) is 0.381. The highest BCUT2D eigenvalue weighted by Crippen LogP contribution is 2.35. The standard InChI is InChI=1S/C7H4F3NO2.C6H4INO2/c8-7(9,10)5-3-1-2-4-6(5)11(12)13;7-5-3-1-2-4-6(5)8(9)10/h1-4H;1-4H. The molecule has 6 nitrogen and oxygen atoms in total. The molecule has 2 aromatic rings. The molecule has 0 amide bonds. The average molecular weight is 440 g/mol. The van der Waals surface area contributed by atoms with E-state index in [0.29, 0.717) is 9.64 Å². The van der Waals surface area contributed by atoms with Crippen LogP contribution in [0.4, 0.5) is 24.5 Å². The summed E-state index contributed by atoms with van der Waals surface area (Å²) >= 11 is 1.93. The predicted molar refractivity (Wildman–Crippen MR) is 83.9 cm³/mol. The second-order valence-electron chi connectivity index (χ2n) is 3.98. The van der Waals surface area contributed by atoms with Crippen molar-refractivity contribution in [2.45, 2.75) is 6.18 Å². The summed E-state index contributed by atoms with van der Waals surface area (Å²) in [5.41, 5.74) is -1.97. The lowest BCUT2D eigenvalue weighted by Crippen LogP contribution is -2.08. The second kappa shape index (κ2) is 7.85. The number of nitro groups is 2. The van der Waals surface area contributed by atoms with E-state index in [0.717, 1.165) is 12.1 Å². The van der Waals surface area contributed by atoms with Crippen molar-refractivity contribution in [2.24, 2.45) is 0 Å². The maximum Gasteiger partial charge on any atom is 0.422 e. The Labute approximate surface area is 141 Å². The van der Waals surface area contributed by atoms with Crippen molar-refractivity contribution in [2.75, 3.05) is 0 Å². The summed E-state index contributed by atoms with van der Waals surface area (Å²) in [7, 11) is 0. The van der Waals surface area contributed by atoms with E-state index in [4.69, 9.17) is 0 Å². The number of alkyl halides is 3. The Morgan fingerprint density at radius 3 is 1.61 bits per heavy atom. The SMILES string of the molecule is O=[N+]([O-])c1ccccc1C(F)(F)F.O=[N+]([O-])c1ccccc1I. The van der Waals surface area contributed by atoms with Gasteiger partial charge in [-0.3, -0.25) is 20.2 Å². The molecule has 0 heterocycles. The van der Waals surface area contributed by atoms with Gasteiger partial charge in [0.2, 0.25) is 0 Å². The summed E-state index contributed by atoms with van der Waals surface area (Å²) in [6, 6.07) is 10.4. The lowest BCUT2D eigenvalue weighted by Gasteiger charge is -2.05. The first-order chi connectivity index (χ1) is 10.6. The molecule has 0 saturated carbocycles. The van der Waals surface area contributed by atoms with Gasteiger partial charge in [0.1, 0.15) is 5.56 Å². The number of benzene rings is 2. The van der Waals surface area contributed by atoms with E-state index >= 15 is 0 Å². The van der Waals surface area contributed by atoms with Crippen LogP contribution in [0.2, 0.25) is 0 Å². The third-order valence-electron chi connectivity index (χ3n) is 2.46. The van der Waals surface area contributed by atoms with Gasteiger partial charge < -0.3 is 0 Å². The molecule has 23 heavy (non-hydrogen) atoms. The van der Waals surface area contributed by atoms with Gasteiger partial charge in [-0.2, -0.15) is 13.2 Å². The summed E-state index contributed by atoms with van der Waals surface area (Å²) in [5.74, 6) is 0. The van der Waals surface area contributed by atoms with Crippen molar-refractivity contribution in [3.63, 3.8) is 0 Å². The van der Waals surface area contributed by atoms with Crippen molar-refractivity contribution in [1.29, 1.82) is 0 Å². The van der Waals surface area contributed by atoms with Gasteiger partial charge in [-0.15, -0.1) is 0 Å². The Kier molecular flexibility index (Phi) is 6.42. The Balaban J connectivity index is 0.000000238. The molecular weight excluding hydrogens is 432 g/mol. The molecular formula is C13H8F3IN2O4. The summed E-state index contributed by atoms with van der Waals surface area (Å²) in [6.07, 6.45) is -4.68. The highest BCUT2D eigenvalue weighted by atomic mass is 127. The van der Waals surface area contributed by atoms with Crippen LogP contribution in [-0.2, 0) is 6.18 Å². The molecule has 0 radical (unpaired) electrons. The predicted octanol–water partition coefficient (Wildman–Crippen LogP) is 4.81. The molecule has 0 bridgehead atoms. The minimum absolute atomic E-state index is 0.170. The van der Waals surface area contributed by atoms with Crippen LogP contribution in [0, 0.1) is 23.8 Å². The van der Waals surface area contributed by atoms with Crippen LogP contribution in [0.25, 0.3) is 0 Å². The van der Waals surface area contributed by atoms with Gasteiger partial charge in [0.05, 0.1) is 13.4 Å². The van der Waals surface area contributed by atoms with Gasteiger partial charge in [0, 0.05) is 12.1 Å². The highest BCUT2D eigenvalue weighted by molar-refractivity contribution is 14.1. The largest absolute Gasteiger partial charge is 0.422 e. The number of nitro benzene ring substituents is 2. The highest BCUT2D eigenvalue weighted by Gasteiger charge is 2.37. The van der Waals surface area contributed by atoms with Crippen LogP contribution in [0.5, 0.6) is 0 Å². The fraction of sp³-hybridized carbons (Fsp3) is 0.0769. The van der Waals surface area contributed by atoms with Crippen molar-refractivity contribution in [1.82, 2.24) is 0 Å². The van der Waals surface area contributed by atoms with Crippen LogP contribution in [0.3, 0.4) is 0 Å². The molecule has 0 aliphatic carbocycles. The number of nitrogens with zero attached hydrogens (tertiary/aromatic N) is 2. The number of hydrogen-bond donors (Lipinski definition) is 0. The van der Waals surface area contributed by atoms with Gasteiger partial charge in [0.15, 0.2) is 0 Å². The molecule has 0 fully saturated rings. The lowest BCUT2D eigenvalue weighted by molar-refractivity contribution is -0.388. The van der Waals surface area contributed by atoms with Crippen molar-refractivity contribution >= 4 is 34.0 Å². The zero-order valence-corrected chi connectivity index (χ0v) is 13.3. The molecule has 0 spiro atoms. The summed E-state index contributed by atoms with van der Waals surface area (Å²) in [5, 5.41) is 20.4. The zero-order chi connectivity index (χ0) is 17.6. The van der Waals surface area contributed by atoms with E-state index < -0.39 is 22.4 Å². The lowest BCUT2D eigenvalue weighted by atomic mass is 10.2. The fourth-order valence-electron chi connectivity index (χ4n) is 1.47. The molecule has 122 valence electrons. The Morgan fingerprint density at radius 1 is 0.826 bits per heavy atom. The molecule has 0 atom stereocenters. The fourth-order valence-corrected chi connectivity index (χ4v) is 2.06. The van der Waals surface area contributed by atoms with Crippen LogP contribution in [0.15, 0.2) is 48.5 Å². The molecule has 10 heteroatoms. The third kappa shape index (κ3) is 5.47. The van der Waals surface area contributed by atoms with Crippen molar-refractivity contribution in [3.8, 4) is 0 Å². The maximum atomic E-state index is 12.1. The molecule has 0 unspecified atom stereocenters. The van der Waals surface area contributed by atoms with E-state index in [2.05, 4.69) is 0 Å². The van der Waals surface area contributed by atoms with Gasteiger partial charge in [-0.1, -0.05) is 24.3 Å². The van der Waals surface area contributed by atoms with Gasteiger partial charge >= 0.3 is 6.18 Å². The first-order valence-corrected chi connectivity index (χ1v) is 6.92. The van der Waals surface area contributed by atoms with E-state index in [1.807, 2.05) is 22.6 Å². The summed E-state index contributed by atoms with van der Waals surface area (Å²) in [6.45, 7) is 0. The average Bonchev–Trinajstić information content (AvgIpc) is 2.47. The molecule has 0 aliphatic rings. The zero-order valence-electron chi connectivity index (χ0n) is 11.2. The smallest absolute Gasteiger partial charge is 0.258 e. The van der Waals surface area contributed by atoms with Gasteiger partial charge in [-0.25, -0.2) is 0 Å². The van der Waals surface area contributed by atoms with Gasteiger partial charge in [0.25, 0.3) is 11.4 Å². The molecule has 0 aromatic heterocycles. The van der Waals surface area contributed by atoms with E-state index in [1.165, 1.54) is 12.1 Å². The molecule has 0 aliphatic heterocycles. The molecule has 2 rings (SSSR count). The second-order valence-corrected chi connectivity index (χ2v) is 5.14. The van der Waals surface area contributed by atoms with Crippen molar-refractivity contribution in [3.05, 3.63) is 77.9 Å². The number of rotatable bonds is 2. The molecule has 0 N–H and O–H groups in total. The van der Waals surface area contributed by atoms with Crippen LogP contribution < -0.4 is 0 Å². The van der Waals surface area contributed by atoms with E-state index in [9.17, 15) is 33.4 Å². The third-order valence-corrected chi connectivity index (χ3v) is 3.37. The number of halogens is 4. The first-order valence-electron chi connectivity index (χ1n) is 5.84. The van der Waals surface area contributed by atoms with E-state index in [1.54, 1.807) is 18.2 Å². The molecule has 2 aromatic carbocycles. The van der Waals surface area contributed by atoms with Crippen LogP contribution in [0.1, 0.15) is 5.56 Å². The molecule has 0 saturated heterocycles. The maximum absolute atomic E-state index is 12.1. The van der Waals surface area contributed by atoms with Crippen molar-refractivity contribution < 1.29 is 23.0 Å². The van der Waals surface area contributed by atoms with Crippen LogP contribution >= 0.6 is 22.6 Å². The summed E-state index contributed by atoms with van der Waals surface area (Å²) < 4.78 is 37.0. The number of para-hydroxylation sites is 2.